The summed E-state index contributed by atoms with van der Waals surface area (Å²) in [4.78, 5) is 24.8. The number of benzene rings is 2. The lowest BCUT2D eigenvalue weighted by atomic mass is 9.93. The van der Waals surface area contributed by atoms with Gasteiger partial charge in [0.1, 0.15) is 29.5 Å². The molecular weight excluding hydrogens is 623 g/mol. The van der Waals surface area contributed by atoms with Crippen LogP contribution in [0.25, 0.3) is 22.3 Å². The number of aromatic amines is 1. The number of carbonyl (C=O) groups is 1. The molecule has 47 heavy (non-hydrogen) atoms. The number of esters is 1. The number of nitrogens with one attached hydrogen (secondary N) is 1. The molecule has 2 aliphatic heterocycles. The van der Waals surface area contributed by atoms with Gasteiger partial charge in [0.15, 0.2) is 0 Å². The highest BCUT2D eigenvalue weighted by Crippen LogP contribution is 2.31. The summed E-state index contributed by atoms with van der Waals surface area (Å²) in [7, 11) is 0. The molecule has 2 fully saturated rings. The zero-order chi connectivity index (χ0) is 32.3. The van der Waals surface area contributed by atoms with E-state index in [0.717, 1.165) is 73.6 Å². The molecule has 0 radical (unpaired) electrons. The summed E-state index contributed by atoms with van der Waals surface area (Å²) < 4.78 is 33.3. The van der Waals surface area contributed by atoms with Crippen LogP contribution in [0.2, 0.25) is 5.02 Å². The summed E-state index contributed by atoms with van der Waals surface area (Å²) in [5.41, 5.74) is 5.05. The second-order valence-corrected chi connectivity index (χ2v) is 12.4. The standard InChI is InChI=1S/C35H36ClFN6O4/c1-2-45-35(44)27-18-38-41-34(27)23-7-9-31-30(16-23)39-32(43(31)19-26-12-15-46-26)20-42-13-10-22(11-14-42)29-4-3-5-33(40-29)47-21-24-6-8-25(36)17-28(24)37/h3-9,16-18,22,26H,2,10-15,19-21H2,1H3,(H,38,41)/t26-/m0/s1. The molecule has 1 atom stereocenters. The van der Waals surface area contributed by atoms with Gasteiger partial charge >= 0.3 is 5.97 Å². The van der Waals surface area contributed by atoms with E-state index in [-0.39, 0.29) is 12.7 Å². The maximum absolute atomic E-state index is 14.2. The molecule has 3 aromatic heterocycles. The maximum atomic E-state index is 14.2. The number of pyridine rings is 1. The number of aromatic nitrogens is 5. The van der Waals surface area contributed by atoms with E-state index >= 15 is 0 Å². The Labute approximate surface area is 276 Å². The lowest BCUT2D eigenvalue weighted by molar-refractivity contribution is -0.0592. The van der Waals surface area contributed by atoms with Gasteiger partial charge in [-0.25, -0.2) is 19.2 Å². The predicted molar refractivity (Wildman–Crippen MR) is 175 cm³/mol. The molecule has 2 saturated heterocycles. The van der Waals surface area contributed by atoms with E-state index < -0.39 is 11.8 Å². The largest absolute Gasteiger partial charge is 0.473 e. The minimum Gasteiger partial charge on any atom is -0.473 e. The molecule has 5 aromatic rings. The number of carbonyl (C=O) groups excluding carboxylic acids is 1. The first-order valence-electron chi connectivity index (χ1n) is 16.0. The molecular formula is C35H36ClFN6O4. The van der Waals surface area contributed by atoms with Crippen molar-refractivity contribution in [1.29, 1.82) is 0 Å². The van der Waals surface area contributed by atoms with Gasteiger partial charge in [0, 0.05) is 46.6 Å². The van der Waals surface area contributed by atoms with Crippen molar-refractivity contribution in [1.82, 2.24) is 29.6 Å². The van der Waals surface area contributed by atoms with E-state index in [1.54, 1.807) is 31.3 Å². The lowest BCUT2D eigenvalue weighted by Gasteiger charge is -2.32. The summed E-state index contributed by atoms with van der Waals surface area (Å²) in [5.74, 6) is 0.970. The summed E-state index contributed by atoms with van der Waals surface area (Å²) in [6.45, 7) is 6.21. The normalized spacial score (nSPS) is 17.1. The molecule has 0 unspecified atom stereocenters. The van der Waals surface area contributed by atoms with Crippen LogP contribution in [-0.2, 0) is 29.2 Å². The Hall–Kier alpha value is -4.32. The number of hydrogen-bond acceptors (Lipinski definition) is 8. The molecule has 2 aromatic carbocycles. The smallest absolute Gasteiger partial charge is 0.341 e. The molecule has 7 rings (SSSR count). The zero-order valence-electron chi connectivity index (χ0n) is 26.1. The van der Waals surface area contributed by atoms with Crippen molar-refractivity contribution in [2.24, 2.45) is 0 Å². The number of piperidine rings is 1. The van der Waals surface area contributed by atoms with Crippen molar-refractivity contribution >= 4 is 28.6 Å². The summed E-state index contributed by atoms with van der Waals surface area (Å²) >= 11 is 5.87. The van der Waals surface area contributed by atoms with Crippen LogP contribution < -0.4 is 4.74 Å². The van der Waals surface area contributed by atoms with Gasteiger partial charge in [-0.15, -0.1) is 0 Å². The Morgan fingerprint density at radius 2 is 1.96 bits per heavy atom. The molecule has 0 amide bonds. The Morgan fingerprint density at radius 3 is 2.72 bits per heavy atom. The number of H-pyrrole nitrogens is 1. The Bertz CT molecular complexity index is 1880. The van der Waals surface area contributed by atoms with Gasteiger partial charge in [-0.2, -0.15) is 5.10 Å². The molecule has 2 aliphatic rings. The van der Waals surface area contributed by atoms with Crippen molar-refractivity contribution < 1.29 is 23.4 Å². The number of ether oxygens (including phenoxy) is 3. The highest BCUT2D eigenvalue weighted by Gasteiger charge is 2.26. The zero-order valence-corrected chi connectivity index (χ0v) is 26.9. The fourth-order valence-electron chi connectivity index (χ4n) is 6.27. The number of hydrogen-bond donors (Lipinski definition) is 1. The first-order valence-corrected chi connectivity index (χ1v) is 16.4. The van der Waals surface area contributed by atoms with Crippen LogP contribution in [0.4, 0.5) is 4.39 Å². The summed E-state index contributed by atoms with van der Waals surface area (Å²) in [5, 5.41) is 7.49. The van der Waals surface area contributed by atoms with Crippen LogP contribution in [0.3, 0.4) is 0 Å². The first-order chi connectivity index (χ1) is 22.9. The van der Waals surface area contributed by atoms with E-state index in [9.17, 15) is 9.18 Å². The van der Waals surface area contributed by atoms with Crippen LogP contribution in [-0.4, -0.2) is 68.0 Å². The minimum absolute atomic E-state index is 0.0839. The quantitative estimate of drug-likeness (QED) is 0.160. The second-order valence-electron chi connectivity index (χ2n) is 12.0. The van der Waals surface area contributed by atoms with Crippen molar-refractivity contribution in [2.45, 2.75) is 57.9 Å². The summed E-state index contributed by atoms with van der Waals surface area (Å²) in [6.07, 6.45) is 4.68. The number of imidazole rings is 1. The van der Waals surface area contributed by atoms with Crippen molar-refractivity contribution in [2.75, 3.05) is 26.3 Å². The number of likely N-dealkylation sites (tertiary alicyclic amines) is 1. The van der Waals surface area contributed by atoms with Gasteiger partial charge in [-0.1, -0.05) is 29.8 Å². The molecule has 0 spiro atoms. The van der Waals surface area contributed by atoms with Gasteiger partial charge in [0.2, 0.25) is 5.88 Å². The fraction of sp³-hybridized carbons (Fsp3) is 0.371. The second kappa shape index (κ2) is 13.8. The number of nitrogens with zero attached hydrogens (tertiary/aromatic N) is 5. The third-order valence-electron chi connectivity index (χ3n) is 8.92. The third-order valence-corrected chi connectivity index (χ3v) is 9.16. The number of rotatable bonds is 11. The Kier molecular flexibility index (Phi) is 9.19. The third kappa shape index (κ3) is 6.88. The summed E-state index contributed by atoms with van der Waals surface area (Å²) in [6, 6.07) is 16.4. The predicted octanol–water partition coefficient (Wildman–Crippen LogP) is 6.54. The van der Waals surface area contributed by atoms with Crippen LogP contribution >= 0.6 is 11.6 Å². The molecule has 5 heterocycles. The van der Waals surface area contributed by atoms with Gasteiger partial charge in [0.05, 0.1) is 36.8 Å². The van der Waals surface area contributed by atoms with Gasteiger partial charge in [0.25, 0.3) is 0 Å². The topological polar surface area (TPSA) is 107 Å². The van der Waals surface area contributed by atoms with E-state index in [4.69, 9.17) is 35.8 Å². The molecule has 0 aliphatic carbocycles. The van der Waals surface area contributed by atoms with Crippen molar-refractivity contribution in [3.63, 3.8) is 0 Å². The first kappa shape index (κ1) is 31.3. The van der Waals surface area contributed by atoms with E-state index in [1.807, 2.05) is 24.3 Å². The fourth-order valence-corrected chi connectivity index (χ4v) is 6.43. The van der Waals surface area contributed by atoms with Crippen LogP contribution in [0.15, 0.2) is 60.8 Å². The van der Waals surface area contributed by atoms with E-state index in [2.05, 4.69) is 25.7 Å². The lowest BCUT2D eigenvalue weighted by Crippen LogP contribution is -2.35. The maximum Gasteiger partial charge on any atom is 0.341 e. The highest BCUT2D eigenvalue weighted by atomic mass is 35.5. The Balaban J connectivity index is 1.04. The number of halogens is 2. The van der Waals surface area contributed by atoms with Gasteiger partial charge < -0.3 is 18.8 Å². The SMILES string of the molecule is CCOC(=O)c1c[nH]nc1-c1ccc2c(c1)nc(CN1CCC(c3cccc(OCc4ccc(Cl)cc4F)n3)CC1)n2C[C@@H]1CCO1. The average Bonchev–Trinajstić information content (AvgIpc) is 3.68. The van der Waals surface area contributed by atoms with Crippen LogP contribution in [0.5, 0.6) is 5.88 Å². The molecule has 0 saturated carbocycles. The molecule has 1 N–H and O–H groups in total. The average molecular weight is 659 g/mol. The minimum atomic E-state index is -0.407. The highest BCUT2D eigenvalue weighted by molar-refractivity contribution is 6.30. The molecule has 12 heteroatoms. The molecule has 244 valence electrons. The van der Waals surface area contributed by atoms with Gasteiger partial charge in [-0.05, 0) is 69.6 Å². The monoisotopic (exact) mass is 658 g/mol. The van der Waals surface area contributed by atoms with Gasteiger partial charge in [-0.3, -0.25) is 10.00 Å². The molecule has 0 bridgehead atoms. The van der Waals surface area contributed by atoms with Crippen molar-refractivity contribution in [3.05, 3.63) is 94.3 Å². The van der Waals surface area contributed by atoms with E-state index in [0.29, 0.717) is 46.8 Å². The Morgan fingerprint density at radius 1 is 1.11 bits per heavy atom. The number of fused-ring (bicyclic) bond motifs is 1. The van der Waals surface area contributed by atoms with Crippen LogP contribution in [0.1, 0.15) is 59.5 Å². The van der Waals surface area contributed by atoms with Crippen LogP contribution in [0, 0.1) is 5.82 Å². The van der Waals surface area contributed by atoms with Crippen molar-refractivity contribution in [3.8, 4) is 17.1 Å². The molecule has 10 nitrogen and oxygen atoms in total. The van der Waals surface area contributed by atoms with E-state index in [1.165, 1.54) is 6.07 Å².